The smallest absolute Gasteiger partial charge is 0.266 e. The van der Waals surface area contributed by atoms with Crippen LogP contribution < -0.4 is 14.8 Å². The summed E-state index contributed by atoms with van der Waals surface area (Å²) in [5.74, 6) is 0.544. The van der Waals surface area contributed by atoms with Crippen LogP contribution in [0.1, 0.15) is 22.3 Å². The van der Waals surface area contributed by atoms with Gasteiger partial charge in [0.2, 0.25) is 0 Å². The Balaban J connectivity index is 1.82. The van der Waals surface area contributed by atoms with E-state index in [2.05, 4.69) is 55.4 Å². The van der Waals surface area contributed by atoms with Crippen molar-refractivity contribution in [1.29, 1.82) is 5.26 Å². The van der Waals surface area contributed by atoms with Crippen molar-refractivity contribution >= 4 is 49.5 Å². The Morgan fingerprint density at radius 3 is 2.33 bits per heavy atom. The third-order valence-electron chi connectivity index (χ3n) is 4.69. The number of carbonyl (C=O) groups is 1. The van der Waals surface area contributed by atoms with Crippen LogP contribution in [0, 0.1) is 25.2 Å². The molecule has 0 aliphatic rings. The molecule has 0 unspecified atom stereocenters. The summed E-state index contributed by atoms with van der Waals surface area (Å²) >= 11 is 6.88. The largest absolute Gasteiger partial charge is 0.493 e. The summed E-state index contributed by atoms with van der Waals surface area (Å²) in [6, 6.07) is 18.9. The van der Waals surface area contributed by atoms with Gasteiger partial charge in [0.15, 0.2) is 11.5 Å². The van der Waals surface area contributed by atoms with E-state index in [-0.39, 0.29) is 5.57 Å². The zero-order valence-corrected chi connectivity index (χ0v) is 21.6. The fraction of sp³-hybridized carbons (Fsp3) is 0.154. The SMILES string of the molecule is COc1cc(/C=C(\C#N)C(=O)Nc2ccc(Br)cc2)cc(Br)c1OCc1cc(C)cc(C)c1. The van der Waals surface area contributed by atoms with Gasteiger partial charge in [-0.1, -0.05) is 45.3 Å². The zero-order chi connectivity index (χ0) is 24.0. The summed E-state index contributed by atoms with van der Waals surface area (Å²) in [6.45, 7) is 4.48. The molecule has 0 aliphatic heterocycles. The molecule has 0 radical (unpaired) electrons. The Morgan fingerprint density at radius 1 is 1.06 bits per heavy atom. The molecule has 168 valence electrons. The number of nitrogens with one attached hydrogen (secondary N) is 1. The number of nitriles is 1. The lowest BCUT2D eigenvalue weighted by atomic mass is 10.1. The lowest BCUT2D eigenvalue weighted by Crippen LogP contribution is -2.13. The molecule has 0 spiro atoms. The molecular weight excluding hydrogens is 548 g/mol. The average Bonchev–Trinajstić information content (AvgIpc) is 2.77. The van der Waals surface area contributed by atoms with Crippen LogP contribution in [0.15, 0.2) is 69.1 Å². The molecule has 3 aromatic carbocycles. The Morgan fingerprint density at radius 2 is 1.73 bits per heavy atom. The molecular formula is C26H22Br2N2O3. The Labute approximate surface area is 210 Å². The van der Waals surface area contributed by atoms with E-state index < -0.39 is 5.91 Å². The van der Waals surface area contributed by atoms with E-state index in [0.29, 0.717) is 33.8 Å². The van der Waals surface area contributed by atoms with E-state index >= 15 is 0 Å². The molecule has 0 saturated heterocycles. The maximum absolute atomic E-state index is 12.6. The minimum Gasteiger partial charge on any atom is -0.493 e. The van der Waals surface area contributed by atoms with E-state index in [1.165, 1.54) is 17.2 Å². The highest BCUT2D eigenvalue weighted by atomic mass is 79.9. The first-order valence-electron chi connectivity index (χ1n) is 10.0. The summed E-state index contributed by atoms with van der Waals surface area (Å²) in [5, 5.41) is 12.3. The van der Waals surface area contributed by atoms with Gasteiger partial charge in [-0.25, -0.2) is 0 Å². The summed E-state index contributed by atoms with van der Waals surface area (Å²) in [4.78, 5) is 12.6. The Hall–Kier alpha value is -3.08. The van der Waals surface area contributed by atoms with Crippen LogP contribution in [0.5, 0.6) is 11.5 Å². The van der Waals surface area contributed by atoms with Crippen molar-refractivity contribution in [3.8, 4) is 17.6 Å². The van der Waals surface area contributed by atoms with Crippen molar-refractivity contribution in [1.82, 2.24) is 0 Å². The molecule has 0 fully saturated rings. The standard InChI is InChI=1S/C26H22Br2N2O3/c1-16-8-17(2)10-19(9-16)15-33-25-23(28)12-18(13-24(25)32-3)11-20(14-29)26(31)30-22-6-4-21(27)5-7-22/h4-13H,15H2,1-3H3,(H,30,31)/b20-11+. The number of carbonyl (C=O) groups excluding carboxylic acids is 1. The molecule has 5 nitrogen and oxygen atoms in total. The summed E-state index contributed by atoms with van der Waals surface area (Å²) in [7, 11) is 1.55. The molecule has 0 atom stereocenters. The molecule has 3 aromatic rings. The second-order valence-electron chi connectivity index (χ2n) is 7.45. The van der Waals surface area contributed by atoms with Crippen LogP contribution in [0.2, 0.25) is 0 Å². The van der Waals surface area contributed by atoms with Gasteiger partial charge in [-0.15, -0.1) is 0 Å². The van der Waals surface area contributed by atoms with Crippen LogP contribution in [0.25, 0.3) is 6.08 Å². The molecule has 1 amide bonds. The third kappa shape index (κ3) is 6.70. The number of amides is 1. The lowest BCUT2D eigenvalue weighted by molar-refractivity contribution is -0.112. The number of nitrogens with zero attached hydrogens (tertiary/aromatic N) is 1. The normalized spacial score (nSPS) is 11.0. The molecule has 1 N–H and O–H groups in total. The fourth-order valence-electron chi connectivity index (χ4n) is 3.32. The molecule has 0 aromatic heterocycles. The highest BCUT2D eigenvalue weighted by Gasteiger charge is 2.14. The van der Waals surface area contributed by atoms with Crippen molar-refractivity contribution in [2.45, 2.75) is 20.5 Å². The minimum absolute atomic E-state index is 0.0317. The first-order valence-corrected chi connectivity index (χ1v) is 11.6. The molecule has 0 bridgehead atoms. The number of benzene rings is 3. The predicted octanol–water partition coefficient (Wildman–Crippen LogP) is 6.96. The molecule has 3 rings (SSSR count). The van der Waals surface area contributed by atoms with Gasteiger partial charge in [0, 0.05) is 10.2 Å². The number of halogens is 2. The van der Waals surface area contributed by atoms with Crippen LogP contribution in [0.4, 0.5) is 5.69 Å². The van der Waals surface area contributed by atoms with Gasteiger partial charge in [0.25, 0.3) is 5.91 Å². The molecule has 0 aliphatic carbocycles. The second kappa shape index (κ2) is 11.2. The average molecular weight is 570 g/mol. The maximum Gasteiger partial charge on any atom is 0.266 e. The van der Waals surface area contributed by atoms with Crippen LogP contribution in [-0.4, -0.2) is 13.0 Å². The van der Waals surface area contributed by atoms with Crippen molar-refractivity contribution in [2.24, 2.45) is 0 Å². The summed E-state index contributed by atoms with van der Waals surface area (Å²) in [6.07, 6.45) is 1.51. The summed E-state index contributed by atoms with van der Waals surface area (Å²) in [5.41, 5.74) is 4.59. The van der Waals surface area contributed by atoms with Crippen LogP contribution in [0.3, 0.4) is 0 Å². The van der Waals surface area contributed by atoms with Crippen molar-refractivity contribution in [3.05, 3.63) is 91.4 Å². The number of methoxy groups -OCH3 is 1. The fourth-order valence-corrected chi connectivity index (χ4v) is 4.16. The number of hydrogen-bond donors (Lipinski definition) is 1. The predicted molar refractivity (Wildman–Crippen MR) is 137 cm³/mol. The molecule has 33 heavy (non-hydrogen) atoms. The quantitative estimate of drug-likeness (QED) is 0.246. The number of hydrogen-bond acceptors (Lipinski definition) is 4. The maximum atomic E-state index is 12.6. The Kier molecular flexibility index (Phi) is 8.32. The number of ether oxygens (including phenoxy) is 2. The van der Waals surface area contributed by atoms with Gasteiger partial charge in [-0.05, 0) is 83.4 Å². The van der Waals surface area contributed by atoms with Gasteiger partial charge < -0.3 is 14.8 Å². The molecule has 0 saturated carbocycles. The van der Waals surface area contributed by atoms with Crippen LogP contribution in [-0.2, 0) is 11.4 Å². The van der Waals surface area contributed by atoms with E-state index in [9.17, 15) is 10.1 Å². The molecule has 7 heteroatoms. The van der Waals surface area contributed by atoms with Gasteiger partial charge in [-0.2, -0.15) is 5.26 Å². The van der Waals surface area contributed by atoms with Crippen molar-refractivity contribution < 1.29 is 14.3 Å². The molecule has 0 heterocycles. The van der Waals surface area contributed by atoms with E-state index in [0.717, 1.165) is 10.0 Å². The van der Waals surface area contributed by atoms with Gasteiger partial charge in [0.05, 0.1) is 11.6 Å². The number of aryl methyl sites for hydroxylation is 2. The number of rotatable bonds is 7. The second-order valence-corrected chi connectivity index (χ2v) is 9.22. The van der Waals surface area contributed by atoms with Gasteiger partial charge >= 0.3 is 0 Å². The van der Waals surface area contributed by atoms with Crippen LogP contribution >= 0.6 is 31.9 Å². The van der Waals surface area contributed by atoms with Gasteiger partial charge in [-0.3, -0.25) is 4.79 Å². The van der Waals surface area contributed by atoms with E-state index in [1.807, 2.05) is 32.0 Å². The lowest BCUT2D eigenvalue weighted by Gasteiger charge is -2.14. The van der Waals surface area contributed by atoms with Crippen molar-refractivity contribution in [2.75, 3.05) is 12.4 Å². The van der Waals surface area contributed by atoms with Crippen molar-refractivity contribution in [3.63, 3.8) is 0 Å². The van der Waals surface area contributed by atoms with Gasteiger partial charge in [0.1, 0.15) is 18.2 Å². The minimum atomic E-state index is -0.495. The Bertz CT molecular complexity index is 1230. The summed E-state index contributed by atoms with van der Waals surface area (Å²) < 4.78 is 13.1. The highest BCUT2D eigenvalue weighted by molar-refractivity contribution is 9.10. The van der Waals surface area contributed by atoms with E-state index in [1.54, 1.807) is 31.4 Å². The zero-order valence-electron chi connectivity index (χ0n) is 18.4. The third-order valence-corrected chi connectivity index (χ3v) is 5.81. The topological polar surface area (TPSA) is 71.3 Å². The number of anilines is 1. The first kappa shape index (κ1) is 24.6. The monoisotopic (exact) mass is 568 g/mol. The first-order chi connectivity index (χ1) is 15.8. The highest BCUT2D eigenvalue weighted by Crippen LogP contribution is 2.38. The van der Waals surface area contributed by atoms with E-state index in [4.69, 9.17) is 9.47 Å².